The molecule has 0 atom stereocenters. The molecule has 2 aromatic carbocycles. The molecule has 4 nitrogen and oxygen atoms in total. The molecule has 2 amide bonds. The summed E-state index contributed by atoms with van der Waals surface area (Å²) in [6.07, 6.45) is 0. The van der Waals surface area contributed by atoms with Crippen molar-refractivity contribution in [3.63, 3.8) is 0 Å². The van der Waals surface area contributed by atoms with Crippen molar-refractivity contribution < 1.29 is 9.59 Å². The van der Waals surface area contributed by atoms with Gasteiger partial charge in [-0.25, -0.2) is 0 Å². The normalized spacial score (nSPS) is 9.48. The average Bonchev–Trinajstić information content (AvgIpc) is 2.58. The number of carbonyl (C=O) groups excluding carboxylic acids is 2. The lowest BCUT2D eigenvalue weighted by molar-refractivity contribution is 0.0952. The number of carbonyl (C=O) groups is 2. The quantitative estimate of drug-likeness (QED) is 0.854. The van der Waals surface area contributed by atoms with Crippen LogP contribution in [0.4, 0.5) is 0 Å². The summed E-state index contributed by atoms with van der Waals surface area (Å²) in [6.45, 7) is 2.19. The third kappa shape index (κ3) is 4.45. The van der Waals surface area contributed by atoms with Gasteiger partial charge in [0, 0.05) is 18.2 Å². The van der Waals surface area contributed by atoms with Crippen LogP contribution in [0.15, 0.2) is 48.5 Å². The van der Waals surface area contributed by atoms with E-state index in [-0.39, 0.29) is 18.4 Å². The van der Waals surface area contributed by atoms with Crippen molar-refractivity contribution in [3.8, 4) is 11.8 Å². The Hall–Kier alpha value is -3.06. The Labute approximate surface area is 135 Å². The highest BCUT2D eigenvalue weighted by Gasteiger charge is 2.06. The predicted molar refractivity (Wildman–Crippen MR) is 90.2 cm³/mol. The van der Waals surface area contributed by atoms with Crippen LogP contribution in [0.1, 0.15) is 31.8 Å². The molecular weight excluding hydrogens is 288 g/mol. The molecule has 23 heavy (non-hydrogen) atoms. The zero-order valence-corrected chi connectivity index (χ0v) is 13.1. The molecule has 0 saturated carbocycles. The van der Waals surface area contributed by atoms with E-state index in [1.807, 2.05) is 25.1 Å². The van der Waals surface area contributed by atoms with Crippen LogP contribution >= 0.6 is 0 Å². The van der Waals surface area contributed by atoms with Crippen molar-refractivity contribution in [1.82, 2.24) is 10.6 Å². The summed E-state index contributed by atoms with van der Waals surface area (Å²) in [5, 5.41) is 5.32. The molecule has 0 aliphatic carbocycles. The maximum absolute atomic E-state index is 11.9. The molecule has 4 heteroatoms. The maximum Gasteiger partial charge on any atom is 0.252 e. The molecule has 2 N–H and O–H groups in total. The molecule has 0 bridgehead atoms. The van der Waals surface area contributed by atoms with Crippen LogP contribution in [0.5, 0.6) is 0 Å². The lowest BCUT2D eigenvalue weighted by atomic mass is 10.1. The molecule has 0 heterocycles. The topological polar surface area (TPSA) is 58.2 Å². The van der Waals surface area contributed by atoms with Crippen LogP contribution in [0.3, 0.4) is 0 Å². The van der Waals surface area contributed by atoms with Gasteiger partial charge in [-0.05, 0) is 31.2 Å². The number of aryl methyl sites for hydroxylation is 1. The van der Waals surface area contributed by atoms with Crippen LogP contribution in [0, 0.1) is 18.8 Å². The minimum Gasteiger partial charge on any atom is -0.355 e. The first-order valence-corrected chi connectivity index (χ1v) is 7.26. The molecule has 0 fully saturated rings. The van der Waals surface area contributed by atoms with Gasteiger partial charge in [0.1, 0.15) is 0 Å². The van der Waals surface area contributed by atoms with E-state index < -0.39 is 0 Å². The number of nitrogens with one attached hydrogen (secondary N) is 2. The summed E-state index contributed by atoms with van der Waals surface area (Å²) < 4.78 is 0. The monoisotopic (exact) mass is 306 g/mol. The van der Waals surface area contributed by atoms with Gasteiger partial charge in [0.05, 0.1) is 12.1 Å². The Kier molecular flexibility index (Phi) is 5.54. The summed E-state index contributed by atoms with van der Waals surface area (Å²) >= 11 is 0. The molecule has 0 saturated heterocycles. The molecule has 0 aromatic heterocycles. The number of rotatable bonds is 3. The van der Waals surface area contributed by atoms with Crippen LogP contribution in [0.2, 0.25) is 0 Å². The summed E-state index contributed by atoms with van der Waals surface area (Å²) in [5.74, 6) is 5.44. The van der Waals surface area contributed by atoms with Crippen molar-refractivity contribution in [3.05, 3.63) is 70.8 Å². The molecule has 2 rings (SSSR count). The van der Waals surface area contributed by atoms with Crippen molar-refractivity contribution in [1.29, 1.82) is 0 Å². The summed E-state index contributed by atoms with van der Waals surface area (Å²) in [6, 6.07) is 14.4. The highest BCUT2D eigenvalue weighted by Crippen LogP contribution is 2.06. The van der Waals surface area contributed by atoms with Crippen LogP contribution < -0.4 is 10.6 Å². The fraction of sp³-hybridized carbons (Fsp3) is 0.158. The second kappa shape index (κ2) is 7.81. The smallest absolute Gasteiger partial charge is 0.252 e. The molecule has 0 aliphatic rings. The number of hydrogen-bond acceptors (Lipinski definition) is 2. The van der Waals surface area contributed by atoms with Crippen molar-refractivity contribution >= 4 is 11.8 Å². The SMILES string of the molecule is CNC(=O)c1ccccc1C#CCNC(=O)c1ccc(C)cc1. The van der Waals surface area contributed by atoms with Gasteiger partial charge < -0.3 is 10.6 Å². The zero-order chi connectivity index (χ0) is 16.7. The lowest BCUT2D eigenvalue weighted by Gasteiger charge is -2.03. The largest absolute Gasteiger partial charge is 0.355 e. The minimum absolute atomic E-state index is 0.168. The Morgan fingerprint density at radius 2 is 1.70 bits per heavy atom. The van der Waals surface area contributed by atoms with E-state index in [2.05, 4.69) is 22.5 Å². The standard InChI is InChI=1S/C19H18N2O2/c1-14-9-11-16(12-10-14)18(22)21-13-5-7-15-6-3-4-8-17(15)19(23)20-2/h3-4,6,8-12H,13H2,1-2H3,(H,20,23)(H,21,22). The van der Waals surface area contributed by atoms with Crippen molar-refractivity contribution in [2.45, 2.75) is 6.92 Å². The van der Waals surface area contributed by atoms with E-state index in [0.29, 0.717) is 16.7 Å². The maximum atomic E-state index is 11.9. The van der Waals surface area contributed by atoms with Crippen LogP contribution in [-0.4, -0.2) is 25.4 Å². The van der Waals surface area contributed by atoms with E-state index in [1.165, 1.54) is 0 Å². The number of amides is 2. The van der Waals surface area contributed by atoms with Gasteiger partial charge >= 0.3 is 0 Å². The van der Waals surface area contributed by atoms with E-state index in [9.17, 15) is 9.59 Å². The minimum atomic E-state index is -0.182. The van der Waals surface area contributed by atoms with Gasteiger partial charge in [0.2, 0.25) is 0 Å². The highest BCUT2D eigenvalue weighted by atomic mass is 16.2. The van der Waals surface area contributed by atoms with Crippen molar-refractivity contribution in [2.24, 2.45) is 0 Å². The van der Waals surface area contributed by atoms with E-state index in [0.717, 1.165) is 5.56 Å². The first-order valence-electron chi connectivity index (χ1n) is 7.26. The van der Waals surface area contributed by atoms with E-state index in [1.54, 1.807) is 37.4 Å². The predicted octanol–water partition coefficient (Wildman–Crippen LogP) is 2.14. The number of hydrogen-bond donors (Lipinski definition) is 2. The summed E-state index contributed by atoms with van der Waals surface area (Å²) in [4.78, 5) is 23.7. The zero-order valence-electron chi connectivity index (χ0n) is 13.1. The van der Waals surface area contributed by atoms with Crippen molar-refractivity contribution in [2.75, 3.05) is 13.6 Å². The Morgan fingerprint density at radius 3 is 2.39 bits per heavy atom. The first-order chi connectivity index (χ1) is 11.1. The highest BCUT2D eigenvalue weighted by molar-refractivity contribution is 5.96. The molecule has 0 spiro atoms. The molecule has 116 valence electrons. The molecule has 2 aromatic rings. The molecule has 0 unspecified atom stereocenters. The number of benzene rings is 2. The van der Waals surface area contributed by atoms with Gasteiger partial charge in [-0.15, -0.1) is 0 Å². The summed E-state index contributed by atoms with van der Waals surface area (Å²) in [5.41, 5.74) is 2.86. The molecule has 0 radical (unpaired) electrons. The van der Waals surface area contributed by atoms with Gasteiger partial charge in [0.15, 0.2) is 0 Å². The average molecular weight is 306 g/mol. The van der Waals surface area contributed by atoms with Crippen LogP contribution in [0.25, 0.3) is 0 Å². The van der Waals surface area contributed by atoms with Gasteiger partial charge in [-0.3, -0.25) is 9.59 Å². The van der Waals surface area contributed by atoms with Gasteiger partial charge in [0.25, 0.3) is 11.8 Å². The first kappa shape index (κ1) is 16.3. The Balaban J connectivity index is 2.00. The fourth-order valence-electron chi connectivity index (χ4n) is 2.00. The van der Waals surface area contributed by atoms with E-state index >= 15 is 0 Å². The molecular formula is C19H18N2O2. The lowest BCUT2D eigenvalue weighted by Crippen LogP contribution is -2.23. The van der Waals surface area contributed by atoms with Gasteiger partial charge in [-0.1, -0.05) is 41.7 Å². The second-order valence-electron chi connectivity index (χ2n) is 4.98. The van der Waals surface area contributed by atoms with Gasteiger partial charge in [-0.2, -0.15) is 0 Å². The second-order valence-corrected chi connectivity index (χ2v) is 4.98. The third-order valence-corrected chi connectivity index (χ3v) is 3.27. The Morgan fingerprint density at radius 1 is 1.00 bits per heavy atom. The van der Waals surface area contributed by atoms with E-state index in [4.69, 9.17) is 0 Å². The van der Waals surface area contributed by atoms with Crippen LogP contribution in [-0.2, 0) is 0 Å². The summed E-state index contributed by atoms with van der Waals surface area (Å²) in [7, 11) is 1.58. The fourth-order valence-corrected chi connectivity index (χ4v) is 2.00. The third-order valence-electron chi connectivity index (χ3n) is 3.27. The Bertz CT molecular complexity index is 768. The molecule has 0 aliphatic heterocycles.